The SMILES string of the molecule is CNC(=O)c1ccc(C=CC(=O)NCCNc2ncccn2)cc1. The third kappa shape index (κ3) is 5.53. The lowest BCUT2D eigenvalue weighted by Crippen LogP contribution is -2.27. The van der Waals surface area contributed by atoms with Crippen LogP contribution < -0.4 is 16.0 Å². The highest BCUT2D eigenvalue weighted by Gasteiger charge is 2.01. The smallest absolute Gasteiger partial charge is 0.251 e. The zero-order valence-corrected chi connectivity index (χ0v) is 13.3. The van der Waals surface area contributed by atoms with E-state index in [1.165, 1.54) is 6.08 Å². The number of nitrogens with zero attached hydrogens (tertiary/aromatic N) is 2. The average Bonchev–Trinajstić information content (AvgIpc) is 2.64. The fraction of sp³-hybridized carbons (Fsp3) is 0.176. The summed E-state index contributed by atoms with van der Waals surface area (Å²) in [7, 11) is 1.58. The van der Waals surface area contributed by atoms with Crippen molar-refractivity contribution in [1.82, 2.24) is 20.6 Å². The van der Waals surface area contributed by atoms with Crippen LogP contribution in [-0.2, 0) is 4.79 Å². The molecule has 2 amide bonds. The lowest BCUT2D eigenvalue weighted by molar-refractivity contribution is -0.116. The fourth-order valence-electron chi connectivity index (χ4n) is 1.87. The number of rotatable bonds is 7. The van der Waals surface area contributed by atoms with Gasteiger partial charge in [0.25, 0.3) is 5.91 Å². The molecule has 0 saturated heterocycles. The molecule has 7 nitrogen and oxygen atoms in total. The van der Waals surface area contributed by atoms with Crippen molar-refractivity contribution in [3.63, 3.8) is 0 Å². The Morgan fingerprint density at radius 2 is 1.79 bits per heavy atom. The van der Waals surface area contributed by atoms with Crippen molar-refractivity contribution in [2.75, 3.05) is 25.5 Å². The molecule has 24 heavy (non-hydrogen) atoms. The molecule has 0 fully saturated rings. The highest BCUT2D eigenvalue weighted by Crippen LogP contribution is 2.06. The van der Waals surface area contributed by atoms with E-state index in [1.54, 1.807) is 55.8 Å². The summed E-state index contributed by atoms with van der Waals surface area (Å²) in [6, 6.07) is 8.71. The van der Waals surface area contributed by atoms with Crippen molar-refractivity contribution in [3.8, 4) is 0 Å². The Morgan fingerprint density at radius 3 is 2.46 bits per heavy atom. The second kappa shape index (κ2) is 9.04. The number of benzene rings is 1. The van der Waals surface area contributed by atoms with Gasteiger partial charge in [-0.1, -0.05) is 12.1 Å². The van der Waals surface area contributed by atoms with Crippen LogP contribution in [0.1, 0.15) is 15.9 Å². The van der Waals surface area contributed by atoms with Crippen molar-refractivity contribution in [1.29, 1.82) is 0 Å². The molecule has 3 N–H and O–H groups in total. The molecule has 0 aliphatic heterocycles. The van der Waals surface area contributed by atoms with Crippen LogP contribution in [0.2, 0.25) is 0 Å². The Bertz CT molecular complexity index is 699. The number of aromatic nitrogens is 2. The Morgan fingerprint density at radius 1 is 1.08 bits per heavy atom. The molecule has 0 radical (unpaired) electrons. The van der Waals surface area contributed by atoms with Crippen LogP contribution in [-0.4, -0.2) is 41.9 Å². The lowest BCUT2D eigenvalue weighted by Gasteiger charge is -2.04. The molecule has 2 rings (SSSR count). The van der Waals surface area contributed by atoms with E-state index in [4.69, 9.17) is 0 Å². The summed E-state index contributed by atoms with van der Waals surface area (Å²) < 4.78 is 0. The molecule has 1 aromatic carbocycles. The highest BCUT2D eigenvalue weighted by molar-refractivity contribution is 5.94. The van der Waals surface area contributed by atoms with Crippen LogP contribution in [0.5, 0.6) is 0 Å². The summed E-state index contributed by atoms with van der Waals surface area (Å²) >= 11 is 0. The Labute approximate surface area is 140 Å². The molecule has 1 aromatic heterocycles. The second-order valence-electron chi connectivity index (χ2n) is 4.82. The van der Waals surface area contributed by atoms with E-state index in [0.29, 0.717) is 24.6 Å². The van der Waals surface area contributed by atoms with Gasteiger partial charge in [0.1, 0.15) is 0 Å². The minimum Gasteiger partial charge on any atom is -0.355 e. The van der Waals surface area contributed by atoms with Gasteiger partial charge < -0.3 is 16.0 Å². The summed E-state index contributed by atoms with van der Waals surface area (Å²) in [6.07, 6.45) is 6.43. The van der Waals surface area contributed by atoms with Crippen LogP contribution in [0.3, 0.4) is 0 Å². The Balaban J connectivity index is 1.73. The molecule has 0 unspecified atom stereocenters. The zero-order chi connectivity index (χ0) is 17.2. The standard InChI is InChI=1S/C17H19N5O2/c1-18-16(24)14-6-3-13(4-7-14)5-8-15(23)19-11-12-22-17-20-9-2-10-21-17/h2-10H,11-12H2,1H3,(H,18,24)(H,19,23)(H,20,21,22). The van der Waals surface area contributed by atoms with Gasteiger partial charge in [-0.3, -0.25) is 9.59 Å². The summed E-state index contributed by atoms with van der Waals surface area (Å²) in [6.45, 7) is 0.988. The fourth-order valence-corrected chi connectivity index (χ4v) is 1.87. The molecule has 1 heterocycles. The molecular formula is C17H19N5O2. The first kappa shape index (κ1) is 17.1. The first-order valence-corrected chi connectivity index (χ1v) is 7.48. The molecule has 0 aliphatic rings. The van der Waals surface area contributed by atoms with Crippen LogP contribution in [0.25, 0.3) is 6.08 Å². The molecule has 2 aromatic rings. The minimum absolute atomic E-state index is 0.141. The van der Waals surface area contributed by atoms with E-state index in [-0.39, 0.29) is 11.8 Å². The molecule has 0 atom stereocenters. The number of amides is 2. The summed E-state index contributed by atoms with van der Waals surface area (Å²) in [4.78, 5) is 31.2. The number of nitrogens with one attached hydrogen (secondary N) is 3. The highest BCUT2D eigenvalue weighted by atomic mass is 16.2. The third-order valence-corrected chi connectivity index (χ3v) is 3.10. The monoisotopic (exact) mass is 325 g/mol. The normalized spacial score (nSPS) is 10.4. The third-order valence-electron chi connectivity index (χ3n) is 3.10. The Hall–Kier alpha value is -3.22. The van der Waals surface area contributed by atoms with E-state index >= 15 is 0 Å². The zero-order valence-electron chi connectivity index (χ0n) is 13.3. The van der Waals surface area contributed by atoms with E-state index in [2.05, 4.69) is 25.9 Å². The first-order chi connectivity index (χ1) is 11.7. The summed E-state index contributed by atoms with van der Waals surface area (Å²) in [5.41, 5.74) is 1.42. The van der Waals surface area contributed by atoms with Crippen LogP contribution >= 0.6 is 0 Å². The van der Waals surface area contributed by atoms with Gasteiger partial charge in [-0.2, -0.15) is 0 Å². The predicted molar refractivity (Wildman–Crippen MR) is 92.4 cm³/mol. The predicted octanol–water partition coefficient (Wildman–Crippen LogP) is 1.08. The number of hydrogen-bond donors (Lipinski definition) is 3. The van der Waals surface area contributed by atoms with Gasteiger partial charge in [-0.25, -0.2) is 9.97 Å². The van der Waals surface area contributed by atoms with Gasteiger partial charge in [0, 0.05) is 44.2 Å². The quantitative estimate of drug-likeness (QED) is 0.523. The van der Waals surface area contributed by atoms with Crippen LogP contribution in [0.4, 0.5) is 5.95 Å². The second-order valence-corrected chi connectivity index (χ2v) is 4.82. The molecule has 7 heteroatoms. The van der Waals surface area contributed by atoms with Gasteiger partial charge in [-0.05, 0) is 29.8 Å². The number of anilines is 1. The van der Waals surface area contributed by atoms with E-state index < -0.39 is 0 Å². The van der Waals surface area contributed by atoms with Gasteiger partial charge in [0.15, 0.2) is 0 Å². The van der Waals surface area contributed by atoms with Crippen LogP contribution in [0, 0.1) is 0 Å². The van der Waals surface area contributed by atoms with E-state index in [0.717, 1.165) is 5.56 Å². The molecular weight excluding hydrogens is 306 g/mol. The largest absolute Gasteiger partial charge is 0.355 e. The van der Waals surface area contributed by atoms with Crippen LogP contribution in [0.15, 0.2) is 48.8 Å². The number of hydrogen-bond acceptors (Lipinski definition) is 5. The maximum absolute atomic E-state index is 11.7. The molecule has 0 aliphatic carbocycles. The van der Waals surface area contributed by atoms with Crippen molar-refractivity contribution < 1.29 is 9.59 Å². The van der Waals surface area contributed by atoms with Crippen molar-refractivity contribution in [2.24, 2.45) is 0 Å². The van der Waals surface area contributed by atoms with Crippen molar-refractivity contribution in [2.45, 2.75) is 0 Å². The van der Waals surface area contributed by atoms with Gasteiger partial charge in [-0.15, -0.1) is 0 Å². The Kier molecular flexibility index (Phi) is 6.46. The van der Waals surface area contributed by atoms with Gasteiger partial charge >= 0.3 is 0 Å². The van der Waals surface area contributed by atoms with Gasteiger partial charge in [0.2, 0.25) is 11.9 Å². The summed E-state index contributed by atoms with van der Waals surface area (Å²) in [5, 5.41) is 8.31. The number of carbonyl (C=O) groups is 2. The van der Waals surface area contributed by atoms with E-state index in [1.807, 2.05) is 0 Å². The van der Waals surface area contributed by atoms with Gasteiger partial charge in [0.05, 0.1) is 0 Å². The molecule has 0 bridgehead atoms. The minimum atomic E-state index is -0.193. The topological polar surface area (TPSA) is 96.0 Å². The maximum atomic E-state index is 11.7. The number of carbonyl (C=O) groups excluding carboxylic acids is 2. The first-order valence-electron chi connectivity index (χ1n) is 7.48. The van der Waals surface area contributed by atoms with E-state index in [9.17, 15) is 9.59 Å². The van der Waals surface area contributed by atoms with Crippen molar-refractivity contribution >= 4 is 23.8 Å². The lowest BCUT2D eigenvalue weighted by atomic mass is 10.1. The average molecular weight is 325 g/mol. The molecule has 124 valence electrons. The summed E-state index contributed by atoms with van der Waals surface area (Å²) in [5.74, 6) is 0.192. The maximum Gasteiger partial charge on any atom is 0.251 e. The molecule has 0 saturated carbocycles. The van der Waals surface area contributed by atoms with Crippen molar-refractivity contribution in [3.05, 3.63) is 59.9 Å². The molecule has 0 spiro atoms.